The SMILES string of the molecule is CCCC(=O)Nc1cccc(NCC(=O)Nc2ccc(C)cc2C)c1. The third kappa shape index (κ3) is 5.95. The van der Waals surface area contributed by atoms with Gasteiger partial charge in [0.1, 0.15) is 0 Å². The van der Waals surface area contributed by atoms with Gasteiger partial charge in [-0.1, -0.05) is 30.7 Å². The number of aryl methyl sites for hydroxylation is 2. The number of carbonyl (C=O) groups excluding carboxylic acids is 2. The molecule has 0 saturated heterocycles. The van der Waals surface area contributed by atoms with Gasteiger partial charge in [0.25, 0.3) is 0 Å². The van der Waals surface area contributed by atoms with Crippen LogP contribution >= 0.6 is 0 Å². The van der Waals surface area contributed by atoms with Gasteiger partial charge in [0.15, 0.2) is 0 Å². The van der Waals surface area contributed by atoms with E-state index >= 15 is 0 Å². The first kappa shape index (κ1) is 18.5. The fourth-order valence-corrected chi connectivity index (χ4v) is 2.49. The second-order valence-corrected chi connectivity index (χ2v) is 6.10. The number of amides is 2. The average molecular weight is 339 g/mol. The van der Waals surface area contributed by atoms with Crippen LogP contribution in [0.3, 0.4) is 0 Å². The summed E-state index contributed by atoms with van der Waals surface area (Å²) in [6.45, 7) is 6.11. The first-order chi connectivity index (χ1) is 12.0. The minimum Gasteiger partial charge on any atom is -0.376 e. The number of hydrogen-bond donors (Lipinski definition) is 3. The second-order valence-electron chi connectivity index (χ2n) is 6.10. The maximum atomic E-state index is 12.1. The summed E-state index contributed by atoms with van der Waals surface area (Å²) in [6.07, 6.45) is 1.30. The van der Waals surface area contributed by atoms with E-state index in [0.29, 0.717) is 6.42 Å². The van der Waals surface area contributed by atoms with Crippen LogP contribution in [0.5, 0.6) is 0 Å². The Hall–Kier alpha value is -2.82. The highest BCUT2D eigenvalue weighted by atomic mass is 16.2. The van der Waals surface area contributed by atoms with Gasteiger partial charge < -0.3 is 16.0 Å². The van der Waals surface area contributed by atoms with E-state index < -0.39 is 0 Å². The Kier molecular flexibility index (Phi) is 6.57. The predicted molar refractivity (Wildman–Crippen MR) is 103 cm³/mol. The van der Waals surface area contributed by atoms with Crippen LogP contribution in [0.25, 0.3) is 0 Å². The Morgan fingerprint density at radius 2 is 1.68 bits per heavy atom. The van der Waals surface area contributed by atoms with Gasteiger partial charge in [-0.15, -0.1) is 0 Å². The molecule has 0 aliphatic carbocycles. The summed E-state index contributed by atoms with van der Waals surface area (Å²) in [5.41, 5.74) is 4.52. The molecule has 132 valence electrons. The lowest BCUT2D eigenvalue weighted by Crippen LogP contribution is -2.22. The van der Waals surface area contributed by atoms with Crippen LogP contribution in [-0.2, 0) is 9.59 Å². The molecule has 5 heteroatoms. The zero-order chi connectivity index (χ0) is 18.2. The number of rotatable bonds is 7. The number of carbonyl (C=O) groups is 2. The van der Waals surface area contributed by atoms with Crippen LogP contribution in [0, 0.1) is 13.8 Å². The van der Waals surface area contributed by atoms with Crippen LogP contribution < -0.4 is 16.0 Å². The van der Waals surface area contributed by atoms with Crippen molar-refractivity contribution in [3.05, 3.63) is 53.6 Å². The van der Waals surface area contributed by atoms with Crippen LogP contribution in [0.2, 0.25) is 0 Å². The smallest absolute Gasteiger partial charge is 0.243 e. The zero-order valence-electron chi connectivity index (χ0n) is 15.0. The van der Waals surface area contributed by atoms with Crippen LogP contribution in [-0.4, -0.2) is 18.4 Å². The summed E-state index contributed by atoms with van der Waals surface area (Å²) in [5.74, 6) is -0.125. The van der Waals surface area contributed by atoms with Gasteiger partial charge in [-0.2, -0.15) is 0 Å². The van der Waals surface area contributed by atoms with E-state index in [0.717, 1.165) is 34.6 Å². The fourth-order valence-electron chi connectivity index (χ4n) is 2.49. The normalized spacial score (nSPS) is 10.2. The maximum absolute atomic E-state index is 12.1. The topological polar surface area (TPSA) is 70.2 Å². The summed E-state index contributed by atoms with van der Waals surface area (Å²) in [4.78, 5) is 23.8. The summed E-state index contributed by atoms with van der Waals surface area (Å²) in [6, 6.07) is 13.3. The Morgan fingerprint density at radius 3 is 2.40 bits per heavy atom. The molecule has 0 bridgehead atoms. The average Bonchev–Trinajstić information content (AvgIpc) is 2.56. The molecule has 0 radical (unpaired) electrons. The van der Waals surface area contributed by atoms with E-state index in [9.17, 15) is 9.59 Å². The third-order valence-corrected chi connectivity index (χ3v) is 3.73. The summed E-state index contributed by atoms with van der Waals surface area (Å²) >= 11 is 0. The van der Waals surface area contributed by atoms with E-state index in [4.69, 9.17) is 0 Å². The van der Waals surface area contributed by atoms with Gasteiger partial charge in [-0.25, -0.2) is 0 Å². The summed E-state index contributed by atoms with van der Waals surface area (Å²) in [5, 5.41) is 8.82. The second kappa shape index (κ2) is 8.87. The van der Waals surface area contributed by atoms with Crippen molar-refractivity contribution in [2.45, 2.75) is 33.6 Å². The molecule has 0 fully saturated rings. The lowest BCUT2D eigenvalue weighted by molar-refractivity contribution is -0.116. The predicted octanol–water partition coefficient (Wildman–Crippen LogP) is 4.09. The Morgan fingerprint density at radius 1 is 0.920 bits per heavy atom. The molecule has 5 nitrogen and oxygen atoms in total. The molecule has 25 heavy (non-hydrogen) atoms. The van der Waals surface area contributed by atoms with Crippen molar-refractivity contribution in [2.24, 2.45) is 0 Å². The van der Waals surface area contributed by atoms with Gasteiger partial charge in [-0.05, 0) is 50.1 Å². The van der Waals surface area contributed by atoms with Gasteiger partial charge in [0.05, 0.1) is 6.54 Å². The summed E-state index contributed by atoms with van der Waals surface area (Å²) in [7, 11) is 0. The van der Waals surface area contributed by atoms with Gasteiger partial charge in [0.2, 0.25) is 11.8 Å². The van der Waals surface area contributed by atoms with Gasteiger partial charge in [-0.3, -0.25) is 9.59 Å². The lowest BCUT2D eigenvalue weighted by Gasteiger charge is -2.11. The van der Waals surface area contributed by atoms with E-state index in [-0.39, 0.29) is 18.4 Å². The molecule has 0 spiro atoms. The largest absolute Gasteiger partial charge is 0.376 e. The highest BCUT2D eigenvalue weighted by Gasteiger charge is 2.06. The quantitative estimate of drug-likeness (QED) is 0.711. The Labute approximate surface area is 148 Å². The molecular formula is C20H25N3O2. The van der Waals surface area contributed by atoms with E-state index in [1.807, 2.05) is 63.2 Å². The fraction of sp³-hybridized carbons (Fsp3) is 0.300. The molecule has 0 heterocycles. The molecule has 0 aliphatic rings. The third-order valence-electron chi connectivity index (χ3n) is 3.73. The van der Waals surface area contributed by atoms with E-state index in [1.54, 1.807) is 0 Å². The van der Waals surface area contributed by atoms with Crippen molar-refractivity contribution >= 4 is 28.9 Å². The van der Waals surface area contributed by atoms with Gasteiger partial charge >= 0.3 is 0 Å². The molecule has 0 unspecified atom stereocenters. The molecular weight excluding hydrogens is 314 g/mol. The summed E-state index contributed by atoms with van der Waals surface area (Å²) < 4.78 is 0. The van der Waals surface area contributed by atoms with Crippen molar-refractivity contribution in [2.75, 3.05) is 22.5 Å². The van der Waals surface area contributed by atoms with Crippen LogP contribution in [0.4, 0.5) is 17.1 Å². The number of anilines is 3. The van der Waals surface area contributed by atoms with E-state index in [2.05, 4.69) is 16.0 Å². The Balaban J connectivity index is 1.90. The molecule has 0 saturated carbocycles. The molecule has 2 aromatic carbocycles. The van der Waals surface area contributed by atoms with Crippen molar-refractivity contribution in [1.82, 2.24) is 0 Å². The molecule has 0 atom stereocenters. The molecule has 2 aromatic rings. The van der Waals surface area contributed by atoms with Crippen LogP contribution in [0.1, 0.15) is 30.9 Å². The highest BCUT2D eigenvalue weighted by molar-refractivity contribution is 5.95. The van der Waals surface area contributed by atoms with Gasteiger partial charge in [0, 0.05) is 23.5 Å². The lowest BCUT2D eigenvalue weighted by atomic mass is 10.1. The van der Waals surface area contributed by atoms with Crippen molar-refractivity contribution in [3.63, 3.8) is 0 Å². The molecule has 3 N–H and O–H groups in total. The minimum absolute atomic E-state index is 0.00719. The standard InChI is InChI=1S/C20H25N3O2/c1-4-6-19(24)22-17-8-5-7-16(12-17)21-13-20(25)23-18-10-9-14(2)11-15(18)3/h5,7-12,21H,4,6,13H2,1-3H3,(H,22,24)(H,23,25). The van der Waals surface area contributed by atoms with Crippen molar-refractivity contribution < 1.29 is 9.59 Å². The van der Waals surface area contributed by atoms with E-state index in [1.165, 1.54) is 0 Å². The molecule has 0 aromatic heterocycles. The Bertz CT molecular complexity index is 756. The van der Waals surface area contributed by atoms with Crippen molar-refractivity contribution in [3.8, 4) is 0 Å². The first-order valence-electron chi connectivity index (χ1n) is 8.49. The number of nitrogens with one attached hydrogen (secondary N) is 3. The number of hydrogen-bond acceptors (Lipinski definition) is 3. The van der Waals surface area contributed by atoms with Crippen molar-refractivity contribution in [1.29, 1.82) is 0 Å². The number of benzene rings is 2. The monoisotopic (exact) mass is 339 g/mol. The first-order valence-corrected chi connectivity index (χ1v) is 8.49. The maximum Gasteiger partial charge on any atom is 0.243 e. The molecule has 0 aliphatic heterocycles. The van der Waals surface area contributed by atoms with Crippen LogP contribution in [0.15, 0.2) is 42.5 Å². The zero-order valence-corrected chi connectivity index (χ0v) is 15.0. The minimum atomic E-state index is -0.118. The molecule has 2 amide bonds. The highest BCUT2D eigenvalue weighted by Crippen LogP contribution is 2.17. The molecule has 2 rings (SSSR count).